The Hall–Kier alpha value is -2.65. The summed E-state index contributed by atoms with van der Waals surface area (Å²) in [6.45, 7) is 0.807. The molecular weight excluding hydrogens is 434 g/mol. The average Bonchev–Trinajstić information content (AvgIpc) is 3.16. The summed E-state index contributed by atoms with van der Waals surface area (Å²) in [7, 11) is 0. The number of halogens is 1. The zero-order valence-corrected chi connectivity index (χ0v) is 18.3. The Labute approximate surface area is 191 Å². The van der Waals surface area contributed by atoms with E-state index in [1.54, 1.807) is 12.1 Å². The van der Waals surface area contributed by atoms with Crippen LogP contribution < -0.4 is 14.4 Å². The van der Waals surface area contributed by atoms with Crippen molar-refractivity contribution in [3.05, 3.63) is 47.2 Å². The third kappa shape index (κ3) is 4.59. The molecule has 0 aliphatic carbocycles. The van der Waals surface area contributed by atoms with Gasteiger partial charge in [0.15, 0.2) is 11.5 Å². The molecule has 3 N–H and O–H groups in total. The lowest BCUT2D eigenvalue weighted by Crippen LogP contribution is -2.18. The molecule has 170 valence electrons. The van der Waals surface area contributed by atoms with Gasteiger partial charge in [-0.15, -0.1) is 0 Å². The van der Waals surface area contributed by atoms with Gasteiger partial charge in [-0.05, 0) is 36.6 Å². The SMILES string of the molecule is OCCCC1CN(c2ncnc3cc(OCCO)c(OCCO)cc23)c2cc(Cl)ccc21. The second-order valence-corrected chi connectivity index (χ2v) is 7.97. The third-order valence-electron chi connectivity index (χ3n) is 5.47. The fourth-order valence-electron chi connectivity index (χ4n) is 4.10. The van der Waals surface area contributed by atoms with Crippen LogP contribution in [-0.2, 0) is 0 Å². The highest BCUT2D eigenvalue weighted by Gasteiger charge is 2.31. The quantitative estimate of drug-likeness (QED) is 0.424. The lowest BCUT2D eigenvalue weighted by Gasteiger charge is -2.21. The summed E-state index contributed by atoms with van der Waals surface area (Å²) in [4.78, 5) is 11.1. The number of aliphatic hydroxyl groups is 3. The molecule has 0 radical (unpaired) electrons. The summed E-state index contributed by atoms with van der Waals surface area (Å²) in [5, 5.41) is 29.1. The molecule has 0 bridgehead atoms. The number of hydrogen-bond donors (Lipinski definition) is 3. The molecule has 4 rings (SSSR count). The van der Waals surface area contributed by atoms with Crippen LogP contribution in [0.3, 0.4) is 0 Å². The molecule has 1 aliphatic heterocycles. The molecule has 0 saturated heterocycles. The second kappa shape index (κ2) is 10.3. The Kier molecular flexibility index (Phi) is 7.26. The van der Waals surface area contributed by atoms with E-state index in [2.05, 4.69) is 14.9 Å². The zero-order chi connectivity index (χ0) is 22.5. The van der Waals surface area contributed by atoms with Crippen LogP contribution in [0.25, 0.3) is 10.9 Å². The molecule has 1 aromatic heterocycles. The number of aromatic nitrogens is 2. The van der Waals surface area contributed by atoms with E-state index in [4.69, 9.17) is 26.2 Å². The second-order valence-electron chi connectivity index (χ2n) is 7.53. The summed E-state index contributed by atoms with van der Waals surface area (Å²) >= 11 is 6.32. The first-order valence-electron chi connectivity index (χ1n) is 10.6. The van der Waals surface area contributed by atoms with E-state index in [0.29, 0.717) is 34.4 Å². The predicted octanol–water partition coefficient (Wildman–Crippen LogP) is 3.03. The van der Waals surface area contributed by atoms with E-state index in [0.717, 1.165) is 23.9 Å². The van der Waals surface area contributed by atoms with Gasteiger partial charge in [-0.2, -0.15) is 0 Å². The molecule has 8 nitrogen and oxygen atoms in total. The fourth-order valence-corrected chi connectivity index (χ4v) is 4.27. The first-order valence-corrected chi connectivity index (χ1v) is 11.0. The van der Waals surface area contributed by atoms with Crippen LogP contribution in [0.1, 0.15) is 24.3 Å². The third-order valence-corrected chi connectivity index (χ3v) is 5.71. The van der Waals surface area contributed by atoms with Crippen LogP contribution in [-0.4, -0.2) is 64.9 Å². The molecule has 0 amide bonds. The van der Waals surface area contributed by atoms with Crippen molar-refractivity contribution in [1.29, 1.82) is 0 Å². The topological polar surface area (TPSA) is 108 Å². The summed E-state index contributed by atoms with van der Waals surface area (Å²) < 4.78 is 11.3. The largest absolute Gasteiger partial charge is 0.487 e. The lowest BCUT2D eigenvalue weighted by molar-refractivity contribution is 0.178. The van der Waals surface area contributed by atoms with Crippen molar-refractivity contribution >= 4 is 34.0 Å². The number of rotatable bonds is 10. The van der Waals surface area contributed by atoms with E-state index in [9.17, 15) is 10.2 Å². The molecule has 2 heterocycles. The van der Waals surface area contributed by atoms with E-state index < -0.39 is 0 Å². The Morgan fingerprint density at radius 1 is 0.969 bits per heavy atom. The normalized spacial score (nSPS) is 15.2. The maximum absolute atomic E-state index is 9.32. The fraction of sp³-hybridized carbons (Fsp3) is 0.391. The van der Waals surface area contributed by atoms with Crippen molar-refractivity contribution in [2.45, 2.75) is 18.8 Å². The highest BCUT2D eigenvalue weighted by atomic mass is 35.5. The van der Waals surface area contributed by atoms with Crippen LogP contribution in [0, 0.1) is 0 Å². The molecule has 32 heavy (non-hydrogen) atoms. The molecule has 1 atom stereocenters. The standard InChI is InChI=1S/C23H26ClN3O5/c24-16-3-4-17-15(2-1-5-28)13-27(20(17)10-16)23-18-11-21(31-8-6-29)22(32-9-7-30)12-19(18)25-14-26-23/h3-4,10-12,14-15,28-30H,1-2,5-9,13H2. The Balaban J connectivity index is 1.79. The average molecular weight is 460 g/mol. The van der Waals surface area contributed by atoms with Gasteiger partial charge < -0.3 is 29.7 Å². The van der Waals surface area contributed by atoms with E-state index in [1.807, 2.05) is 18.2 Å². The molecule has 1 unspecified atom stereocenters. The van der Waals surface area contributed by atoms with Crippen molar-refractivity contribution in [3.63, 3.8) is 0 Å². The van der Waals surface area contributed by atoms with Gasteiger partial charge in [0.05, 0.1) is 18.7 Å². The van der Waals surface area contributed by atoms with Crippen molar-refractivity contribution in [2.75, 3.05) is 44.5 Å². The van der Waals surface area contributed by atoms with Gasteiger partial charge >= 0.3 is 0 Å². The molecule has 2 aromatic carbocycles. The number of nitrogens with zero attached hydrogens (tertiary/aromatic N) is 3. The lowest BCUT2D eigenvalue weighted by atomic mass is 9.96. The minimum absolute atomic E-state index is 0.107. The minimum Gasteiger partial charge on any atom is -0.487 e. The molecular formula is C23H26ClN3O5. The highest BCUT2D eigenvalue weighted by Crippen LogP contribution is 2.45. The number of aliphatic hydroxyl groups excluding tert-OH is 3. The Bertz CT molecular complexity index is 1080. The van der Waals surface area contributed by atoms with Gasteiger partial charge in [0, 0.05) is 41.2 Å². The predicted molar refractivity (Wildman–Crippen MR) is 122 cm³/mol. The van der Waals surface area contributed by atoms with Gasteiger partial charge in [0.2, 0.25) is 0 Å². The van der Waals surface area contributed by atoms with Crippen LogP contribution >= 0.6 is 11.6 Å². The summed E-state index contributed by atoms with van der Waals surface area (Å²) in [5.41, 5.74) is 2.83. The van der Waals surface area contributed by atoms with E-state index >= 15 is 0 Å². The first-order chi connectivity index (χ1) is 15.7. The van der Waals surface area contributed by atoms with Crippen LogP contribution in [0.4, 0.5) is 11.5 Å². The molecule has 1 aliphatic rings. The number of ether oxygens (including phenoxy) is 2. The maximum atomic E-state index is 9.32. The first kappa shape index (κ1) is 22.5. The van der Waals surface area contributed by atoms with Crippen molar-refractivity contribution < 1.29 is 24.8 Å². The summed E-state index contributed by atoms with van der Waals surface area (Å²) in [6, 6.07) is 9.42. The Morgan fingerprint density at radius 2 is 1.72 bits per heavy atom. The van der Waals surface area contributed by atoms with Gasteiger partial charge in [-0.1, -0.05) is 17.7 Å². The molecule has 0 fully saturated rings. The van der Waals surface area contributed by atoms with Crippen molar-refractivity contribution in [3.8, 4) is 11.5 Å². The molecule has 9 heteroatoms. The number of benzene rings is 2. The molecule has 3 aromatic rings. The zero-order valence-electron chi connectivity index (χ0n) is 17.6. The smallest absolute Gasteiger partial charge is 0.163 e. The summed E-state index contributed by atoms with van der Waals surface area (Å²) in [6.07, 6.45) is 3.08. The van der Waals surface area contributed by atoms with Crippen LogP contribution in [0.2, 0.25) is 5.02 Å². The van der Waals surface area contributed by atoms with Gasteiger partial charge in [0.25, 0.3) is 0 Å². The summed E-state index contributed by atoms with van der Waals surface area (Å²) in [5.74, 6) is 1.85. The van der Waals surface area contributed by atoms with Crippen LogP contribution in [0.5, 0.6) is 11.5 Å². The number of anilines is 2. The van der Waals surface area contributed by atoms with E-state index in [-0.39, 0.29) is 39.0 Å². The Morgan fingerprint density at radius 3 is 2.44 bits per heavy atom. The molecule has 0 saturated carbocycles. The van der Waals surface area contributed by atoms with Gasteiger partial charge in [-0.3, -0.25) is 0 Å². The van der Waals surface area contributed by atoms with Crippen LogP contribution in [0.15, 0.2) is 36.7 Å². The van der Waals surface area contributed by atoms with Gasteiger partial charge in [-0.25, -0.2) is 9.97 Å². The minimum atomic E-state index is -0.139. The van der Waals surface area contributed by atoms with E-state index in [1.165, 1.54) is 11.9 Å². The molecule has 0 spiro atoms. The van der Waals surface area contributed by atoms with Gasteiger partial charge in [0.1, 0.15) is 25.4 Å². The maximum Gasteiger partial charge on any atom is 0.163 e. The number of fused-ring (bicyclic) bond motifs is 2. The monoisotopic (exact) mass is 459 g/mol. The van der Waals surface area contributed by atoms with Crippen molar-refractivity contribution in [2.24, 2.45) is 0 Å². The highest BCUT2D eigenvalue weighted by molar-refractivity contribution is 6.31. The number of hydrogen-bond acceptors (Lipinski definition) is 8. The van der Waals surface area contributed by atoms with Crippen molar-refractivity contribution in [1.82, 2.24) is 9.97 Å².